The molecule has 1 unspecified atom stereocenters. The van der Waals surface area contributed by atoms with Crippen molar-refractivity contribution in [2.45, 2.75) is 13.0 Å². The van der Waals surface area contributed by atoms with E-state index in [-0.39, 0.29) is 5.69 Å². The Kier molecular flexibility index (Phi) is 4.57. The Labute approximate surface area is 146 Å². The first-order valence-corrected chi connectivity index (χ1v) is 8.10. The van der Waals surface area contributed by atoms with Gasteiger partial charge in [-0.25, -0.2) is 9.78 Å². The second kappa shape index (κ2) is 6.81. The second-order valence-corrected chi connectivity index (χ2v) is 6.00. The van der Waals surface area contributed by atoms with Crippen molar-refractivity contribution in [2.75, 3.05) is 7.11 Å². The van der Waals surface area contributed by atoms with E-state index in [1.165, 1.54) is 30.6 Å². The molecule has 0 N–H and O–H groups in total. The molecule has 8 nitrogen and oxygen atoms in total. The molecule has 0 bridgehead atoms. The summed E-state index contributed by atoms with van der Waals surface area (Å²) in [6.45, 7) is 1.54. The second-order valence-electron chi connectivity index (χ2n) is 5.11. The molecule has 1 aromatic carbocycles. The lowest BCUT2D eigenvalue weighted by atomic mass is 10.1. The zero-order chi connectivity index (χ0) is 18.0. The summed E-state index contributed by atoms with van der Waals surface area (Å²) in [5, 5.41) is 11.5. The van der Waals surface area contributed by atoms with Crippen LogP contribution < -0.4 is 4.74 Å². The van der Waals surface area contributed by atoms with Crippen LogP contribution in [0.2, 0.25) is 0 Å². The Morgan fingerprint density at radius 2 is 2.16 bits per heavy atom. The number of fused-ring (bicyclic) bond motifs is 1. The molecule has 0 fully saturated rings. The zero-order valence-corrected chi connectivity index (χ0v) is 14.1. The Bertz CT molecular complexity index is 942. The lowest BCUT2D eigenvalue weighted by Crippen LogP contribution is -2.25. The molecule has 3 aromatic rings. The van der Waals surface area contributed by atoms with Gasteiger partial charge in [0.15, 0.2) is 6.10 Å². The molecule has 128 valence electrons. The number of ether oxygens (including phenoxy) is 2. The largest absolute Gasteiger partial charge is 0.478 e. The van der Waals surface area contributed by atoms with Crippen molar-refractivity contribution in [1.82, 2.24) is 9.97 Å². The lowest BCUT2D eigenvalue weighted by Gasteiger charge is -2.15. The van der Waals surface area contributed by atoms with E-state index in [2.05, 4.69) is 14.7 Å². The summed E-state index contributed by atoms with van der Waals surface area (Å²) >= 11 is 1.40. The first-order chi connectivity index (χ1) is 12.0. The molecule has 2 aromatic heterocycles. The van der Waals surface area contributed by atoms with E-state index in [9.17, 15) is 14.9 Å². The number of methoxy groups -OCH3 is 1. The van der Waals surface area contributed by atoms with Gasteiger partial charge in [0, 0.05) is 29.8 Å². The van der Waals surface area contributed by atoms with Crippen LogP contribution in [0.5, 0.6) is 5.75 Å². The normalized spacial score (nSPS) is 11.9. The highest BCUT2D eigenvalue weighted by molar-refractivity contribution is 7.13. The van der Waals surface area contributed by atoms with Crippen LogP contribution in [-0.4, -0.2) is 34.1 Å². The van der Waals surface area contributed by atoms with Gasteiger partial charge in [-0.15, -0.1) is 11.3 Å². The molecule has 0 spiro atoms. The Morgan fingerprint density at radius 1 is 1.36 bits per heavy atom. The highest BCUT2D eigenvalue weighted by Crippen LogP contribution is 2.34. The highest BCUT2D eigenvalue weighted by Gasteiger charge is 2.19. The topological polar surface area (TPSA) is 104 Å². The number of carbonyl (C=O) groups excluding carboxylic acids is 1. The van der Waals surface area contributed by atoms with Gasteiger partial charge in [-0.2, -0.15) is 0 Å². The van der Waals surface area contributed by atoms with Gasteiger partial charge in [-0.1, -0.05) is 0 Å². The number of pyridine rings is 1. The van der Waals surface area contributed by atoms with Gasteiger partial charge in [0.2, 0.25) is 0 Å². The predicted molar refractivity (Wildman–Crippen MR) is 91.6 cm³/mol. The number of aromatic nitrogens is 2. The number of benzene rings is 1. The summed E-state index contributed by atoms with van der Waals surface area (Å²) in [7, 11) is 1.26. The third-order valence-corrected chi connectivity index (χ3v) is 4.28. The van der Waals surface area contributed by atoms with Crippen molar-refractivity contribution in [2.24, 2.45) is 0 Å². The van der Waals surface area contributed by atoms with Crippen molar-refractivity contribution in [3.63, 3.8) is 0 Å². The highest BCUT2D eigenvalue weighted by atomic mass is 32.1. The first-order valence-electron chi connectivity index (χ1n) is 7.22. The van der Waals surface area contributed by atoms with Crippen molar-refractivity contribution in [3.05, 3.63) is 46.1 Å². The molecule has 0 radical (unpaired) electrons. The predicted octanol–water partition coefficient (Wildman–Crippen LogP) is 3.21. The SMILES string of the molecule is COC(=O)C(C)Oc1cc(-c2cncs2)nc2ccc([N+](=O)[O-])cc12. The van der Waals surface area contributed by atoms with Crippen LogP contribution in [0, 0.1) is 10.1 Å². The van der Waals surface area contributed by atoms with Crippen molar-refractivity contribution >= 4 is 33.9 Å². The third kappa shape index (κ3) is 3.41. The summed E-state index contributed by atoms with van der Waals surface area (Å²) in [5.74, 6) is -0.232. The third-order valence-electron chi connectivity index (χ3n) is 3.49. The standard InChI is InChI=1S/C16H13N3O5S/c1-9(16(20)23-2)24-14-6-13(15-7-17-8-25-15)18-12-4-3-10(19(21)22)5-11(12)14/h3-9H,1-2H3. The maximum atomic E-state index is 11.7. The molecule has 9 heteroatoms. The van der Waals surface area contributed by atoms with Gasteiger partial charge in [0.25, 0.3) is 5.69 Å². The zero-order valence-electron chi connectivity index (χ0n) is 13.3. The van der Waals surface area contributed by atoms with Gasteiger partial charge in [0.05, 0.1) is 33.6 Å². The van der Waals surface area contributed by atoms with Gasteiger partial charge >= 0.3 is 5.97 Å². The number of nitrogens with zero attached hydrogens (tertiary/aromatic N) is 3. The average molecular weight is 359 g/mol. The summed E-state index contributed by atoms with van der Waals surface area (Å²) < 4.78 is 10.4. The number of nitro benzene ring substituents is 1. The fourth-order valence-electron chi connectivity index (χ4n) is 2.27. The van der Waals surface area contributed by atoms with Crippen LogP contribution >= 0.6 is 11.3 Å². The van der Waals surface area contributed by atoms with Crippen molar-refractivity contribution < 1.29 is 19.2 Å². The van der Waals surface area contributed by atoms with Gasteiger partial charge < -0.3 is 9.47 Å². The molecule has 1 atom stereocenters. The molecule has 0 saturated heterocycles. The molecule has 0 aliphatic carbocycles. The quantitative estimate of drug-likeness (QED) is 0.391. The maximum absolute atomic E-state index is 11.7. The fourth-order valence-corrected chi connectivity index (χ4v) is 2.85. The number of thiazole rings is 1. The monoisotopic (exact) mass is 359 g/mol. The van der Waals surface area contributed by atoms with Crippen LogP contribution in [-0.2, 0) is 9.53 Å². The van der Waals surface area contributed by atoms with Gasteiger partial charge in [-0.3, -0.25) is 15.1 Å². The van der Waals surface area contributed by atoms with Crippen LogP contribution in [0.1, 0.15) is 6.92 Å². The maximum Gasteiger partial charge on any atom is 0.346 e. The molecule has 0 saturated carbocycles. The number of carbonyl (C=O) groups is 1. The Balaban J connectivity index is 2.16. The summed E-state index contributed by atoms with van der Waals surface area (Å²) in [5.41, 5.74) is 2.71. The van der Waals surface area contributed by atoms with Crippen LogP contribution in [0.25, 0.3) is 21.5 Å². The number of non-ortho nitro benzene ring substituents is 1. The van der Waals surface area contributed by atoms with E-state index >= 15 is 0 Å². The van der Waals surface area contributed by atoms with Crippen LogP contribution in [0.15, 0.2) is 36.0 Å². The van der Waals surface area contributed by atoms with E-state index in [0.717, 1.165) is 4.88 Å². The van der Waals surface area contributed by atoms with Crippen molar-refractivity contribution in [1.29, 1.82) is 0 Å². The minimum Gasteiger partial charge on any atom is -0.478 e. The minimum absolute atomic E-state index is 0.0876. The molecule has 0 aliphatic heterocycles. The number of esters is 1. The van der Waals surface area contributed by atoms with Crippen LogP contribution in [0.3, 0.4) is 0 Å². The van der Waals surface area contributed by atoms with Crippen molar-refractivity contribution in [3.8, 4) is 16.3 Å². The number of nitro groups is 1. The molecular weight excluding hydrogens is 346 g/mol. The van der Waals surface area contributed by atoms with Gasteiger partial charge in [-0.05, 0) is 13.0 Å². The molecule has 0 amide bonds. The number of hydrogen-bond acceptors (Lipinski definition) is 8. The Hall–Kier alpha value is -3.07. The number of hydrogen-bond donors (Lipinski definition) is 0. The van der Waals surface area contributed by atoms with E-state index < -0.39 is 17.0 Å². The molecular formula is C16H13N3O5S. The molecule has 3 rings (SSSR count). The van der Waals surface area contributed by atoms with E-state index in [1.807, 2.05) is 0 Å². The molecule has 25 heavy (non-hydrogen) atoms. The lowest BCUT2D eigenvalue weighted by molar-refractivity contribution is -0.384. The minimum atomic E-state index is -0.871. The van der Waals surface area contributed by atoms with Crippen LogP contribution in [0.4, 0.5) is 5.69 Å². The van der Waals surface area contributed by atoms with Gasteiger partial charge in [0.1, 0.15) is 5.75 Å². The molecule has 0 aliphatic rings. The van der Waals surface area contributed by atoms with E-state index in [0.29, 0.717) is 22.3 Å². The molecule has 2 heterocycles. The van der Waals surface area contributed by atoms with E-state index in [1.54, 1.807) is 30.8 Å². The van der Waals surface area contributed by atoms with E-state index in [4.69, 9.17) is 4.74 Å². The summed E-state index contributed by atoms with van der Waals surface area (Å²) in [4.78, 5) is 31.6. The summed E-state index contributed by atoms with van der Waals surface area (Å²) in [6.07, 6.45) is 0.793. The average Bonchev–Trinajstić information content (AvgIpc) is 3.15. The fraction of sp³-hybridized carbons (Fsp3) is 0.188. The smallest absolute Gasteiger partial charge is 0.346 e. The first kappa shape index (κ1) is 16.8. The number of rotatable bonds is 5. The Morgan fingerprint density at radius 3 is 2.80 bits per heavy atom. The summed E-state index contributed by atoms with van der Waals surface area (Å²) in [6, 6.07) is 5.93.